The summed E-state index contributed by atoms with van der Waals surface area (Å²) in [6, 6.07) is 11.9. The van der Waals surface area contributed by atoms with Crippen molar-refractivity contribution in [1.29, 1.82) is 0 Å². The number of hydrogen-bond acceptors (Lipinski definition) is 4. The minimum atomic E-state index is -0.228. The number of rotatable bonds is 4. The monoisotopic (exact) mass is 286 g/mol. The topological polar surface area (TPSA) is 57.5 Å². The SMILES string of the molecule is CSc1ccc(C(=O)/C=C/c2cccc(O)c2O)cc1. The Labute approximate surface area is 121 Å². The molecule has 2 rings (SSSR count). The van der Waals surface area contributed by atoms with Gasteiger partial charge in [-0.05, 0) is 48.7 Å². The van der Waals surface area contributed by atoms with E-state index in [1.54, 1.807) is 36.0 Å². The molecule has 0 amide bonds. The molecule has 0 saturated heterocycles. The lowest BCUT2D eigenvalue weighted by molar-refractivity contribution is 0.104. The zero-order valence-electron chi connectivity index (χ0n) is 10.9. The molecule has 0 heterocycles. The van der Waals surface area contributed by atoms with Gasteiger partial charge in [0, 0.05) is 16.0 Å². The van der Waals surface area contributed by atoms with Gasteiger partial charge in [-0.1, -0.05) is 12.1 Å². The summed E-state index contributed by atoms with van der Waals surface area (Å²) >= 11 is 1.61. The first-order chi connectivity index (χ1) is 9.61. The largest absolute Gasteiger partial charge is 0.504 e. The Balaban J connectivity index is 2.18. The van der Waals surface area contributed by atoms with Crippen LogP contribution in [0.3, 0.4) is 0 Å². The maximum absolute atomic E-state index is 12.0. The molecular formula is C16H14O3S. The molecule has 0 aliphatic heterocycles. The Kier molecular flexibility index (Phi) is 4.48. The maximum Gasteiger partial charge on any atom is 0.185 e. The van der Waals surface area contributed by atoms with Crippen molar-refractivity contribution in [3.8, 4) is 11.5 Å². The zero-order valence-corrected chi connectivity index (χ0v) is 11.7. The summed E-state index contributed by atoms with van der Waals surface area (Å²) in [6.07, 6.45) is 4.84. The smallest absolute Gasteiger partial charge is 0.185 e. The lowest BCUT2D eigenvalue weighted by Crippen LogP contribution is -1.93. The summed E-state index contributed by atoms with van der Waals surface area (Å²) < 4.78 is 0. The molecule has 20 heavy (non-hydrogen) atoms. The molecule has 4 heteroatoms. The Morgan fingerprint density at radius 3 is 2.45 bits per heavy atom. The fourth-order valence-corrected chi connectivity index (χ4v) is 2.11. The molecule has 3 nitrogen and oxygen atoms in total. The number of para-hydroxylation sites is 1. The van der Waals surface area contributed by atoms with Gasteiger partial charge in [0.05, 0.1) is 0 Å². The number of thioether (sulfide) groups is 1. The summed E-state index contributed by atoms with van der Waals surface area (Å²) in [5.41, 5.74) is 0.984. The van der Waals surface area contributed by atoms with Crippen LogP contribution in [0.15, 0.2) is 53.4 Å². The molecule has 0 aliphatic carbocycles. The van der Waals surface area contributed by atoms with E-state index in [9.17, 15) is 15.0 Å². The quantitative estimate of drug-likeness (QED) is 0.389. The van der Waals surface area contributed by atoms with Gasteiger partial charge in [-0.25, -0.2) is 0 Å². The molecule has 0 aliphatic rings. The predicted molar refractivity (Wildman–Crippen MR) is 81.4 cm³/mol. The van der Waals surface area contributed by atoms with Crippen molar-refractivity contribution in [2.45, 2.75) is 4.90 Å². The van der Waals surface area contributed by atoms with Crippen LogP contribution in [0.5, 0.6) is 11.5 Å². The van der Waals surface area contributed by atoms with Crippen LogP contribution in [0, 0.1) is 0 Å². The Hall–Kier alpha value is -2.20. The molecule has 0 aromatic heterocycles. The molecule has 0 unspecified atom stereocenters. The van der Waals surface area contributed by atoms with E-state index < -0.39 is 0 Å². The zero-order chi connectivity index (χ0) is 14.5. The minimum absolute atomic E-state index is 0.152. The number of allylic oxidation sites excluding steroid dienone is 1. The number of hydrogen-bond donors (Lipinski definition) is 2. The van der Waals surface area contributed by atoms with Crippen LogP contribution in [0.1, 0.15) is 15.9 Å². The van der Waals surface area contributed by atoms with Gasteiger partial charge in [-0.15, -0.1) is 11.8 Å². The Bertz CT molecular complexity index is 645. The highest BCUT2D eigenvalue weighted by Gasteiger charge is 2.05. The third-order valence-electron chi connectivity index (χ3n) is 2.83. The molecule has 0 spiro atoms. The average Bonchev–Trinajstić information content (AvgIpc) is 2.48. The first-order valence-electron chi connectivity index (χ1n) is 5.99. The van der Waals surface area contributed by atoms with Crippen LogP contribution in [-0.4, -0.2) is 22.3 Å². The highest BCUT2D eigenvalue weighted by atomic mass is 32.2. The van der Waals surface area contributed by atoms with Crippen molar-refractivity contribution >= 4 is 23.6 Å². The molecule has 0 fully saturated rings. The third-order valence-corrected chi connectivity index (χ3v) is 3.58. The summed E-state index contributed by atoms with van der Waals surface area (Å²) in [5, 5.41) is 19.0. The van der Waals surface area contributed by atoms with Crippen molar-refractivity contribution in [1.82, 2.24) is 0 Å². The highest BCUT2D eigenvalue weighted by molar-refractivity contribution is 7.98. The van der Waals surface area contributed by atoms with Gasteiger partial charge in [0.1, 0.15) is 0 Å². The summed E-state index contributed by atoms with van der Waals surface area (Å²) in [6.45, 7) is 0. The van der Waals surface area contributed by atoms with Crippen LogP contribution >= 0.6 is 11.8 Å². The Morgan fingerprint density at radius 2 is 1.80 bits per heavy atom. The van der Waals surface area contributed by atoms with E-state index in [-0.39, 0.29) is 17.3 Å². The first-order valence-corrected chi connectivity index (χ1v) is 7.21. The van der Waals surface area contributed by atoms with Gasteiger partial charge in [0.25, 0.3) is 0 Å². The van der Waals surface area contributed by atoms with E-state index >= 15 is 0 Å². The molecular weight excluding hydrogens is 272 g/mol. The number of carbonyl (C=O) groups excluding carboxylic acids is 1. The van der Waals surface area contributed by atoms with Gasteiger partial charge in [0.15, 0.2) is 17.3 Å². The van der Waals surface area contributed by atoms with Crippen LogP contribution < -0.4 is 0 Å². The second-order valence-corrected chi connectivity index (χ2v) is 5.02. The van der Waals surface area contributed by atoms with Crippen molar-refractivity contribution in [3.63, 3.8) is 0 Å². The number of phenols is 2. The second kappa shape index (κ2) is 6.30. The van der Waals surface area contributed by atoms with Crippen molar-refractivity contribution in [2.24, 2.45) is 0 Å². The van der Waals surface area contributed by atoms with E-state index in [0.717, 1.165) is 4.90 Å². The second-order valence-electron chi connectivity index (χ2n) is 4.14. The molecule has 2 aromatic rings. The van der Waals surface area contributed by atoms with Gasteiger partial charge in [-0.3, -0.25) is 4.79 Å². The van der Waals surface area contributed by atoms with Gasteiger partial charge >= 0.3 is 0 Å². The van der Waals surface area contributed by atoms with E-state index in [4.69, 9.17) is 0 Å². The van der Waals surface area contributed by atoms with Crippen molar-refractivity contribution in [3.05, 3.63) is 59.7 Å². The fraction of sp³-hybridized carbons (Fsp3) is 0.0625. The van der Waals surface area contributed by atoms with E-state index in [2.05, 4.69) is 0 Å². The molecule has 102 valence electrons. The van der Waals surface area contributed by atoms with E-state index in [1.807, 2.05) is 18.4 Å². The lowest BCUT2D eigenvalue weighted by Gasteiger charge is -2.01. The summed E-state index contributed by atoms with van der Waals surface area (Å²) in [7, 11) is 0. The van der Waals surface area contributed by atoms with Crippen LogP contribution in [-0.2, 0) is 0 Å². The molecule has 0 radical (unpaired) electrons. The Morgan fingerprint density at radius 1 is 1.10 bits per heavy atom. The van der Waals surface area contributed by atoms with E-state index in [0.29, 0.717) is 11.1 Å². The minimum Gasteiger partial charge on any atom is -0.504 e. The standard InChI is InChI=1S/C16H14O3S/c1-20-13-8-5-11(6-9-13)14(17)10-7-12-3-2-4-15(18)16(12)19/h2-10,18-19H,1H3/b10-7+. The highest BCUT2D eigenvalue weighted by Crippen LogP contribution is 2.29. The van der Waals surface area contributed by atoms with Gasteiger partial charge in [0.2, 0.25) is 0 Å². The molecule has 0 bridgehead atoms. The first kappa shape index (κ1) is 14.2. The van der Waals surface area contributed by atoms with Gasteiger partial charge < -0.3 is 10.2 Å². The predicted octanol–water partition coefficient (Wildman–Crippen LogP) is 3.72. The fourth-order valence-electron chi connectivity index (χ4n) is 1.70. The summed E-state index contributed by atoms with van der Waals surface area (Å²) in [4.78, 5) is 13.1. The third kappa shape index (κ3) is 3.22. The summed E-state index contributed by atoms with van der Waals surface area (Å²) in [5.74, 6) is -0.585. The maximum atomic E-state index is 12.0. The van der Waals surface area contributed by atoms with Gasteiger partial charge in [-0.2, -0.15) is 0 Å². The van der Waals surface area contributed by atoms with Crippen LogP contribution in [0.4, 0.5) is 0 Å². The number of aromatic hydroxyl groups is 2. The number of ketones is 1. The molecule has 2 aromatic carbocycles. The normalized spacial score (nSPS) is 10.8. The van der Waals surface area contributed by atoms with Crippen LogP contribution in [0.25, 0.3) is 6.08 Å². The number of phenolic OH excluding ortho intramolecular Hbond substituents is 2. The van der Waals surface area contributed by atoms with Crippen LogP contribution in [0.2, 0.25) is 0 Å². The van der Waals surface area contributed by atoms with Crippen molar-refractivity contribution in [2.75, 3.05) is 6.26 Å². The molecule has 2 N–H and O–H groups in total. The lowest BCUT2D eigenvalue weighted by atomic mass is 10.1. The molecule has 0 atom stereocenters. The molecule has 0 saturated carbocycles. The van der Waals surface area contributed by atoms with E-state index in [1.165, 1.54) is 18.2 Å². The number of carbonyl (C=O) groups is 1. The average molecular weight is 286 g/mol. The van der Waals surface area contributed by atoms with Crippen molar-refractivity contribution < 1.29 is 15.0 Å². The number of benzene rings is 2.